The van der Waals surface area contributed by atoms with Gasteiger partial charge in [-0.25, -0.2) is 5.43 Å². The number of carbonyl (C=O) groups is 2. The SMILES string of the molecule is O=C(N/N=C\c1ccc(OCc2ccccc2Cl)c(Br)c1)C(=O)Nc1cccc(Cl)c1. The number of amides is 2. The smallest absolute Gasteiger partial charge is 0.329 e. The van der Waals surface area contributed by atoms with E-state index in [-0.39, 0.29) is 0 Å². The Morgan fingerprint density at radius 2 is 1.81 bits per heavy atom. The van der Waals surface area contributed by atoms with Crippen molar-refractivity contribution in [2.24, 2.45) is 5.10 Å². The Labute approximate surface area is 197 Å². The van der Waals surface area contributed by atoms with Gasteiger partial charge in [0, 0.05) is 21.3 Å². The largest absolute Gasteiger partial charge is 0.488 e. The van der Waals surface area contributed by atoms with E-state index < -0.39 is 11.8 Å². The van der Waals surface area contributed by atoms with E-state index in [0.717, 1.165) is 5.56 Å². The first-order valence-electron chi connectivity index (χ1n) is 8.98. The van der Waals surface area contributed by atoms with E-state index in [2.05, 4.69) is 31.8 Å². The third-order valence-electron chi connectivity index (χ3n) is 3.97. The molecule has 0 fully saturated rings. The topological polar surface area (TPSA) is 79.8 Å². The van der Waals surface area contributed by atoms with Gasteiger partial charge in [0.15, 0.2) is 0 Å². The Hall–Kier alpha value is -2.87. The van der Waals surface area contributed by atoms with Crippen molar-refractivity contribution >= 4 is 62.8 Å². The van der Waals surface area contributed by atoms with Crippen molar-refractivity contribution in [2.75, 3.05) is 5.32 Å². The number of nitrogens with one attached hydrogen (secondary N) is 2. The minimum atomic E-state index is -0.907. The standard InChI is InChI=1S/C22H16BrCl2N3O3/c23-18-10-14(8-9-20(18)31-13-15-4-1-2-7-19(15)25)12-26-28-22(30)21(29)27-17-6-3-5-16(24)11-17/h1-12H,13H2,(H,27,29)(H,28,30)/b26-12-. The number of nitrogens with zero attached hydrogens (tertiary/aromatic N) is 1. The van der Waals surface area contributed by atoms with Crippen LogP contribution < -0.4 is 15.5 Å². The highest BCUT2D eigenvalue weighted by atomic mass is 79.9. The molecule has 31 heavy (non-hydrogen) atoms. The van der Waals surface area contributed by atoms with Crippen molar-refractivity contribution in [3.63, 3.8) is 0 Å². The lowest BCUT2D eigenvalue weighted by atomic mass is 10.2. The summed E-state index contributed by atoms with van der Waals surface area (Å²) in [6, 6.07) is 19.2. The minimum absolute atomic E-state index is 0.323. The fourth-order valence-electron chi connectivity index (χ4n) is 2.46. The summed E-state index contributed by atoms with van der Waals surface area (Å²) in [5.74, 6) is -1.14. The van der Waals surface area contributed by atoms with E-state index in [9.17, 15) is 9.59 Å². The highest BCUT2D eigenvalue weighted by Gasteiger charge is 2.13. The van der Waals surface area contributed by atoms with Gasteiger partial charge in [-0.05, 0) is 64.0 Å². The minimum Gasteiger partial charge on any atom is -0.488 e. The normalized spacial score (nSPS) is 10.7. The van der Waals surface area contributed by atoms with Gasteiger partial charge < -0.3 is 10.1 Å². The summed E-state index contributed by atoms with van der Waals surface area (Å²) >= 11 is 15.4. The van der Waals surface area contributed by atoms with E-state index in [0.29, 0.717) is 38.1 Å². The van der Waals surface area contributed by atoms with Crippen LogP contribution in [0.5, 0.6) is 5.75 Å². The fraction of sp³-hybridized carbons (Fsp3) is 0.0455. The van der Waals surface area contributed by atoms with Crippen molar-refractivity contribution < 1.29 is 14.3 Å². The first-order valence-corrected chi connectivity index (χ1v) is 10.5. The highest BCUT2D eigenvalue weighted by molar-refractivity contribution is 9.10. The summed E-state index contributed by atoms with van der Waals surface area (Å²) in [5, 5.41) is 7.33. The Morgan fingerprint density at radius 3 is 2.55 bits per heavy atom. The van der Waals surface area contributed by atoms with Gasteiger partial charge in [0.05, 0.1) is 10.7 Å². The van der Waals surface area contributed by atoms with Gasteiger partial charge in [0.25, 0.3) is 0 Å². The molecular weight excluding hydrogens is 505 g/mol. The van der Waals surface area contributed by atoms with Crippen molar-refractivity contribution in [1.82, 2.24) is 5.43 Å². The van der Waals surface area contributed by atoms with Gasteiger partial charge in [-0.15, -0.1) is 0 Å². The van der Waals surface area contributed by atoms with Crippen LogP contribution in [0, 0.1) is 0 Å². The molecule has 3 aromatic rings. The number of ether oxygens (including phenoxy) is 1. The highest BCUT2D eigenvalue weighted by Crippen LogP contribution is 2.27. The first-order chi connectivity index (χ1) is 14.9. The molecule has 0 bridgehead atoms. The second kappa shape index (κ2) is 10.9. The summed E-state index contributed by atoms with van der Waals surface area (Å²) in [4.78, 5) is 23.8. The summed E-state index contributed by atoms with van der Waals surface area (Å²) in [7, 11) is 0. The average Bonchev–Trinajstić information content (AvgIpc) is 2.74. The van der Waals surface area contributed by atoms with Crippen LogP contribution in [0.1, 0.15) is 11.1 Å². The fourth-order valence-corrected chi connectivity index (χ4v) is 3.35. The van der Waals surface area contributed by atoms with Gasteiger partial charge in [-0.2, -0.15) is 5.10 Å². The molecule has 0 saturated carbocycles. The Balaban J connectivity index is 1.53. The van der Waals surface area contributed by atoms with E-state index in [1.165, 1.54) is 12.3 Å². The second-order valence-corrected chi connectivity index (χ2v) is 7.93. The number of benzene rings is 3. The van der Waals surface area contributed by atoms with Crippen LogP contribution in [0.15, 0.2) is 76.3 Å². The molecule has 0 aromatic heterocycles. The summed E-state index contributed by atoms with van der Waals surface area (Å²) in [6.45, 7) is 0.323. The van der Waals surface area contributed by atoms with Gasteiger partial charge in [-0.3, -0.25) is 9.59 Å². The maximum atomic E-state index is 11.9. The number of anilines is 1. The summed E-state index contributed by atoms with van der Waals surface area (Å²) in [6.07, 6.45) is 1.41. The number of hydrogen-bond donors (Lipinski definition) is 2. The third-order valence-corrected chi connectivity index (χ3v) is 5.19. The maximum absolute atomic E-state index is 11.9. The van der Waals surface area contributed by atoms with E-state index in [4.69, 9.17) is 27.9 Å². The molecule has 0 aliphatic rings. The molecule has 0 spiro atoms. The van der Waals surface area contributed by atoms with Crippen LogP contribution in [0.3, 0.4) is 0 Å². The number of rotatable bonds is 6. The lowest BCUT2D eigenvalue weighted by Crippen LogP contribution is -2.32. The molecule has 6 nitrogen and oxygen atoms in total. The number of hydrazone groups is 1. The molecular formula is C22H16BrCl2N3O3. The lowest BCUT2D eigenvalue weighted by Gasteiger charge is -2.10. The van der Waals surface area contributed by atoms with Crippen molar-refractivity contribution in [2.45, 2.75) is 6.61 Å². The zero-order valence-electron chi connectivity index (χ0n) is 15.9. The molecule has 9 heteroatoms. The quantitative estimate of drug-likeness (QED) is 0.258. The molecule has 0 radical (unpaired) electrons. The molecule has 0 aliphatic carbocycles. The predicted molar refractivity (Wildman–Crippen MR) is 126 cm³/mol. The van der Waals surface area contributed by atoms with Gasteiger partial charge in [0.2, 0.25) is 0 Å². The number of halogens is 3. The van der Waals surface area contributed by atoms with E-state index in [1.807, 2.05) is 18.2 Å². The molecule has 0 unspecified atom stereocenters. The molecule has 0 aliphatic heterocycles. The maximum Gasteiger partial charge on any atom is 0.329 e. The monoisotopic (exact) mass is 519 g/mol. The van der Waals surface area contributed by atoms with Crippen LogP contribution in [0.2, 0.25) is 10.0 Å². The molecule has 2 N–H and O–H groups in total. The lowest BCUT2D eigenvalue weighted by molar-refractivity contribution is -0.136. The molecule has 0 saturated heterocycles. The van der Waals surface area contributed by atoms with E-state index in [1.54, 1.807) is 42.5 Å². The summed E-state index contributed by atoms with van der Waals surface area (Å²) < 4.78 is 6.49. The zero-order valence-corrected chi connectivity index (χ0v) is 19.0. The van der Waals surface area contributed by atoms with Crippen molar-refractivity contribution in [3.8, 4) is 5.75 Å². The molecule has 2 amide bonds. The van der Waals surface area contributed by atoms with Gasteiger partial charge >= 0.3 is 11.8 Å². The molecule has 3 aromatic carbocycles. The van der Waals surface area contributed by atoms with Crippen LogP contribution in [-0.4, -0.2) is 18.0 Å². The van der Waals surface area contributed by atoms with Crippen LogP contribution in [0.25, 0.3) is 0 Å². The van der Waals surface area contributed by atoms with Crippen molar-refractivity contribution in [1.29, 1.82) is 0 Å². The first kappa shape index (κ1) is 22.8. The average molecular weight is 521 g/mol. The number of hydrogen-bond acceptors (Lipinski definition) is 4. The van der Waals surface area contributed by atoms with Gasteiger partial charge in [-0.1, -0.05) is 47.5 Å². The summed E-state index contributed by atoms with van der Waals surface area (Å²) in [5.41, 5.74) is 4.15. The predicted octanol–water partition coefficient (Wildman–Crippen LogP) is 5.42. The molecule has 0 atom stereocenters. The molecule has 158 valence electrons. The number of carbonyl (C=O) groups excluding carboxylic acids is 2. The Morgan fingerprint density at radius 1 is 1.00 bits per heavy atom. The van der Waals surface area contributed by atoms with Gasteiger partial charge in [0.1, 0.15) is 12.4 Å². The van der Waals surface area contributed by atoms with Crippen molar-refractivity contribution in [3.05, 3.63) is 92.4 Å². The molecule has 0 heterocycles. The zero-order chi connectivity index (χ0) is 22.2. The van der Waals surface area contributed by atoms with Crippen LogP contribution >= 0.6 is 39.1 Å². The van der Waals surface area contributed by atoms with E-state index >= 15 is 0 Å². The Kier molecular flexibility index (Phi) is 8.06. The Bertz CT molecular complexity index is 1140. The second-order valence-electron chi connectivity index (χ2n) is 6.23. The molecule has 3 rings (SSSR count). The van der Waals surface area contributed by atoms with Crippen LogP contribution in [-0.2, 0) is 16.2 Å². The van der Waals surface area contributed by atoms with Crippen LogP contribution in [0.4, 0.5) is 5.69 Å². The third kappa shape index (κ3) is 6.82.